The van der Waals surface area contributed by atoms with Crippen molar-refractivity contribution in [3.63, 3.8) is 0 Å². The van der Waals surface area contributed by atoms with Gasteiger partial charge in [0.05, 0.1) is 21.3 Å². The summed E-state index contributed by atoms with van der Waals surface area (Å²) in [6, 6.07) is 21.0. The number of carbonyl (C=O) groups excluding carboxylic acids is 1. The van der Waals surface area contributed by atoms with Crippen molar-refractivity contribution in [2.45, 2.75) is 12.5 Å². The first-order chi connectivity index (χ1) is 14.5. The Morgan fingerprint density at radius 1 is 0.867 bits per heavy atom. The Balaban J connectivity index is 1.85. The van der Waals surface area contributed by atoms with Gasteiger partial charge in [-0.2, -0.15) is 0 Å². The zero-order chi connectivity index (χ0) is 21.5. The van der Waals surface area contributed by atoms with Gasteiger partial charge in [-0.1, -0.05) is 42.5 Å². The molecule has 0 heterocycles. The number of anilines is 1. The molecular weight excluding hydrogens is 380 g/mol. The fraction of sp³-hybridized carbons (Fsp3) is 0.208. The van der Waals surface area contributed by atoms with Crippen LogP contribution in [-0.2, 0) is 11.2 Å². The summed E-state index contributed by atoms with van der Waals surface area (Å²) in [5.41, 5.74) is 9.49. The second kappa shape index (κ2) is 9.69. The number of nitrogens with one attached hydrogen (secondary N) is 1. The Bertz CT molecular complexity index is 980. The van der Waals surface area contributed by atoms with Gasteiger partial charge < -0.3 is 25.3 Å². The maximum Gasteiger partial charge on any atom is 0.240 e. The lowest BCUT2D eigenvalue weighted by Gasteiger charge is -2.19. The Kier molecular flexibility index (Phi) is 6.80. The summed E-state index contributed by atoms with van der Waals surface area (Å²) >= 11 is 0. The summed E-state index contributed by atoms with van der Waals surface area (Å²) < 4.78 is 16.2. The number of amides is 1. The highest BCUT2D eigenvalue weighted by Gasteiger charge is 2.20. The highest BCUT2D eigenvalue weighted by molar-refractivity contribution is 5.84. The molecule has 3 aromatic carbocycles. The van der Waals surface area contributed by atoms with Crippen LogP contribution in [0.2, 0.25) is 0 Å². The topological polar surface area (TPSA) is 82.8 Å². The van der Waals surface area contributed by atoms with Gasteiger partial charge in [0, 0.05) is 12.1 Å². The van der Waals surface area contributed by atoms with Crippen LogP contribution in [0, 0.1) is 0 Å². The van der Waals surface area contributed by atoms with Gasteiger partial charge in [-0.25, -0.2) is 0 Å². The molecule has 0 aromatic heterocycles. The fourth-order valence-electron chi connectivity index (χ4n) is 3.33. The highest BCUT2D eigenvalue weighted by atomic mass is 16.5. The summed E-state index contributed by atoms with van der Waals surface area (Å²) in [5, 5.41) is 3.25. The zero-order valence-corrected chi connectivity index (χ0v) is 17.3. The van der Waals surface area contributed by atoms with Crippen LogP contribution in [0.25, 0.3) is 11.1 Å². The number of benzene rings is 3. The number of primary amides is 1. The van der Waals surface area contributed by atoms with Crippen LogP contribution in [0.3, 0.4) is 0 Å². The number of hydrogen-bond donors (Lipinski definition) is 2. The van der Waals surface area contributed by atoms with E-state index in [0.29, 0.717) is 23.7 Å². The first-order valence-corrected chi connectivity index (χ1v) is 9.56. The first-order valence-electron chi connectivity index (χ1n) is 9.56. The lowest BCUT2D eigenvalue weighted by atomic mass is 10.0. The van der Waals surface area contributed by atoms with E-state index in [-0.39, 0.29) is 0 Å². The lowest BCUT2D eigenvalue weighted by molar-refractivity contribution is -0.118. The van der Waals surface area contributed by atoms with Crippen molar-refractivity contribution < 1.29 is 19.0 Å². The molecular formula is C24H26N2O4. The number of nitrogens with two attached hydrogens (primary N) is 1. The third-order valence-corrected chi connectivity index (χ3v) is 4.82. The minimum absolute atomic E-state index is 0.363. The second-order valence-electron chi connectivity index (χ2n) is 6.78. The van der Waals surface area contributed by atoms with E-state index in [0.717, 1.165) is 22.4 Å². The van der Waals surface area contributed by atoms with E-state index in [4.69, 9.17) is 19.9 Å². The third kappa shape index (κ3) is 4.84. The van der Waals surface area contributed by atoms with E-state index in [1.54, 1.807) is 21.3 Å². The van der Waals surface area contributed by atoms with Crippen LogP contribution in [0.1, 0.15) is 5.56 Å². The molecule has 1 atom stereocenters. The molecule has 3 rings (SSSR count). The molecule has 0 unspecified atom stereocenters. The average Bonchev–Trinajstić information content (AvgIpc) is 2.78. The summed E-state index contributed by atoms with van der Waals surface area (Å²) in [6.45, 7) is 0. The van der Waals surface area contributed by atoms with Gasteiger partial charge in [0.15, 0.2) is 11.5 Å². The molecule has 3 N–H and O–H groups in total. The van der Waals surface area contributed by atoms with Gasteiger partial charge in [-0.3, -0.25) is 4.79 Å². The molecule has 156 valence electrons. The number of carbonyl (C=O) groups is 1. The first kappa shape index (κ1) is 21.0. The molecule has 0 radical (unpaired) electrons. The summed E-state index contributed by atoms with van der Waals surface area (Å²) in [7, 11) is 4.66. The van der Waals surface area contributed by atoms with Crippen LogP contribution in [0.5, 0.6) is 17.2 Å². The molecule has 3 aromatic rings. The number of methoxy groups -OCH3 is 3. The molecule has 6 heteroatoms. The molecule has 0 aliphatic heterocycles. The molecule has 6 nitrogen and oxygen atoms in total. The molecule has 0 aliphatic rings. The SMILES string of the molecule is COc1cc(C[C@H](Nc2cccc(-c3ccccc3)c2)C(N)=O)cc(OC)c1OC. The van der Waals surface area contributed by atoms with Gasteiger partial charge in [-0.05, 0) is 41.0 Å². The summed E-state index contributed by atoms with van der Waals surface area (Å²) in [6.07, 6.45) is 0.363. The van der Waals surface area contributed by atoms with Crippen molar-refractivity contribution in [3.8, 4) is 28.4 Å². The Labute approximate surface area is 176 Å². The molecule has 0 spiro atoms. The molecule has 0 fully saturated rings. The van der Waals surface area contributed by atoms with Gasteiger partial charge in [0.2, 0.25) is 11.7 Å². The summed E-state index contributed by atoms with van der Waals surface area (Å²) in [4.78, 5) is 12.2. The van der Waals surface area contributed by atoms with Crippen LogP contribution in [-0.4, -0.2) is 33.3 Å². The van der Waals surface area contributed by atoms with Crippen molar-refractivity contribution >= 4 is 11.6 Å². The maximum atomic E-state index is 12.2. The average molecular weight is 406 g/mol. The predicted octanol–water partition coefficient (Wildman–Crippen LogP) is 3.89. The number of hydrogen-bond acceptors (Lipinski definition) is 5. The lowest BCUT2D eigenvalue weighted by Crippen LogP contribution is -2.37. The van der Waals surface area contributed by atoms with E-state index in [1.807, 2.05) is 66.7 Å². The van der Waals surface area contributed by atoms with Gasteiger partial charge in [-0.15, -0.1) is 0 Å². The Morgan fingerprint density at radius 2 is 1.50 bits per heavy atom. The van der Waals surface area contributed by atoms with Crippen LogP contribution in [0.15, 0.2) is 66.7 Å². The number of rotatable bonds is 9. The van der Waals surface area contributed by atoms with E-state index in [2.05, 4.69) is 5.32 Å². The van der Waals surface area contributed by atoms with Gasteiger partial charge >= 0.3 is 0 Å². The molecule has 0 aliphatic carbocycles. The van der Waals surface area contributed by atoms with Crippen molar-refractivity contribution in [2.75, 3.05) is 26.6 Å². The van der Waals surface area contributed by atoms with Crippen molar-refractivity contribution in [1.29, 1.82) is 0 Å². The van der Waals surface area contributed by atoms with E-state index >= 15 is 0 Å². The molecule has 0 saturated heterocycles. The maximum absolute atomic E-state index is 12.2. The smallest absolute Gasteiger partial charge is 0.240 e. The van der Waals surface area contributed by atoms with Crippen molar-refractivity contribution in [3.05, 3.63) is 72.3 Å². The second-order valence-corrected chi connectivity index (χ2v) is 6.78. The number of ether oxygens (including phenoxy) is 3. The standard InChI is InChI=1S/C24H26N2O4/c1-28-21-13-16(14-22(29-2)23(21)30-3)12-20(24(25)27)26-19-11-7-10-18(15-19)17-8-5-4-6-9-17/h4-11,13-15,20,26H,12H2,1-3H3,(H2,25,27)/t20-/m0/s1. The van der Waals surface area contributed by atoms with Crippen molar-refractivity contribution in [1.82, 2.24) is 0 Å². The largest absolute Gasteiger partial charge is 0.493 e. The van der Waals surface area contributed by atoms with E-state index in [1.165, 1.54) is 0 Å². The van der Waals surface area contributed by atoms with Crippen LogP contribution >= 0.6 is 0 Å². The third-order valence-electron chi connectivity index (χ3n) is 4.82. The van der Waals surface area contributed by atoms with Crippen LogP contribution in [0.4, 0.5) is 5.69 Å². The normalized spacial score (nSPS) is 11.4. The predicted molar refractivity (Wildman–Crippen MR) is 118 cm³/mol. The summed E-state index contributed by atoms with van der Waals surface area (Å²) in [5.74, 6) is 1.11. The van der Waals surface area contributed by atoms with Crippen molar-refractivity contribution in [2.24, 2.45) is 5.73 Å². The minimum atomic E-state index is -0.612. The Hall–Kier alpha value is -3.67. The molecule has 1 amide bonds. The van der Waals surface area contributed by atoms with Crippen LogP contribution < -0.4 is 25.3 Å². The molecule has 30 heavy (non-hydrogen) atoms. The minimum Gasteiger partial charge on any atom is -0.493 e. The Morgan fingerprint density at radius 3 is 2.07 bits per heavy atom. The highest BCUT2D eigenvalue weighted by Crippen LogP contribution is 2.38. The quantitative estimate of drug-likeness (QED) is 0.563. The fourth-order valence-corrected chi connectivity index (χ4v) is 3.33. The van der Waals surface area contributed by atoms with Gasteiger partial charge in [0.1, 0.15) is 6.04 Å². The van der Waals surface area contributed by atoms with E-state index in [9.17, 15) is 4.79 Å². The monoisotopic (exact) mass is 406 g/mol. The molecule has 0 bridgehead atoms. The van der Waals surface area contributed by atoms with Gasteiger partial charge in [0.25, 0.3) is 0 Å². The van der Waals surface area contributed by atoms with E-state index < -0.39 is 11.9 Å². The molecule has 0 saturated carbocycles. The zero-order valence-electron chi connectivity index (χ0n) is 17.3.